The molecule has 0 aromatic heterocycles. The Kier molecular flexibility index (Phi) is 24.6. The van der Waals surface area contributed by atoms with Crippen LogP contribution in [0.5, 0.6) is 0 Å². The van der Waals surface area contributed by atoms with Crippen LogP contribution >= 0.6 is 0 Å². The molecule has 0 unspecified atom stereocenters. The number of rotatable bonds is 0. The summed E-state index contributed by atoms with van der Waals surface area (Å²) >= 11 is 0. The molecule has 22 rings (SSSR count). The van der Waals surface area contributed by atoms with Crippen LogP contribution in [0, 0.1) is 111 Å². The Balaban J connectivity index is 0.000000107. The van der Waals surface area contributed by atoms with Gasteiger partial charge in [-0.05, 0) is 348 Å². The maximum Gasteiger partial charge on any atom is -0.00735 e. The van der Waals surface area contributed by atoms with E-state index in [0.717, 1.165) is 0 Å². The van der Waals surface area contributed by atoms with Crippen molar-refractivity contribution in [3.63, 3.8) is 0 Å². The van der Waals surface area contributed by atoms with Gasteiger partial charge in [0.1, 0.15) is 0 Å². The van der Waals surface area contributed by atoms with Crippen LogP contribution in [0.25, 0.3) is 151 Å². The predicted molar refractivity (Wildman–Crippen MR) is 532 cm³/mol. The minimum atomic E-state index is 1.32. The zero-order chi connectivity index (χ0) is 83.8. The lowest BCUT2D eigenvalue weighted by Crippen LogP contribution is -1.84. The Hall–Kier alpha value is -13.5. The Morgan fingerprint density at radius 1 is 0.108 bits per heavy atom. The van der Waals surface area contributed by atoms with E-state index in [2.05, 4.69) is 475 Å². The molecule has 0 saturated heterocycles. The summed E-state index contributed by atoms with van der Waals surface area (Å²) in [6, 6.07) is 131. The van der Waals surface area contributed by atoms with Crippen LogP contribution in [0.2, 0.25) is 0 Å². The van der Waals surface area contributed by atoms with Crippen molar-refractivity contribution in [2.24, 2.45) is 0 Å². The molecule has 0 spiro atoms. The van der Waals surface area contributed by atoms with Crippen LogP contribution in [-0.4, -0.2) is 0 Å². The first-order chi connectivity index (χ1) is 58.1. The second kappa shape index (κ2) is 36.1. The first kappa shape index (κ1) is 81.6. The summed E-state index contributed by atoms with van der Waals surface area (Å²) in [6.45, 7) is 34.6. The number of aryl methyl sites for hydroxylation is 16. The molecule has 588 valence electrons. The quantitative estimate of drug-likeness (QED) is 0.105. The Bertz CT molecular complexity index is 7280. The molecule has 0 radical (unpaired) electrons. The highest BCUT2D eigenvalue weighted by Gasteiger charge is 2.11. The van der Waals surface area contributed by atoms with Gasteiger partial charge in [0, 0.05) is 0 Å². The van der Waals surface area contributed by atoms with E-state index in [1.807, 2.05) is 0 Å². The Labute approximate surface area is 709 Å². The number of fused-ring (bicyclic) bond motifs is 17. The molecule has 120 heavy (non-hydrogen) atoms. The summed E-state index contributed by atoms with van der Waals surface area (Å²) < 4.78 is 0. The van der Waals surface area contributed by atoms with E-state index in [1.165, 1.54) is 240 Å². The molecule has 0 bridgehead atoms. The highest BCUT2D eigenvalue weighted by Crippen LogP contribution is 2.36. The molecular formula is C120H108. The van der Waals surface area contributed by atoms with Gasteiger partial charge in [-0.15, -0.1) is 0 Å². The SMILES string of the molecule is Cc1cc2ccccc2c2c(C)cccc12.Cc1ccc2cc(C)c3ccccc3c2c1.Cc1ccc2cc(C)ccc2c1.Cc1ccc2cc3cc(C)ccc3cc2c1.Cc1ccc2ccc3c(C)cccc3c2c1.Cc1cccc2c(C)c3ccccc3cc12.Cc1cccc2c(C)cccc12.Cc1cccc2cc3c(C)cccc3cc12. The third-order valence-corrected chi connectivity index (χ3v) is 24.1. The molecule has 0 aliphatic carbocycles. The van der Waals surface area contributed by atoms with E-state index in [0.29, 0.717) is 0 Å². The van der Waals surface area contributed by atoms with Crippen LogP contribution in [0.15, 0.2) is 364 Å². The molecule has 22 aromatic carbocycles. The molecule has 0 N–H and O–H groups in total. The number of hydrogen-bond donors (Lipinski definition) is 0. The molecule has 0 fully saturated rings. The fourth-order valence-corrected chi connectivity index (χ4v) is 17.4. The topological polar surface area (TPSA) is 0 Å². The normalized spacial score (nSPS) is 11.0. The predicted octanol–water partition coefficient (Wildman–Crippen LogP) is 34.6. The maximum absolute atomic E-state index is 2.30. The minimum Gasteiger partial charge on any atom is -0.0616 e. The van der Waals surface area contributed by atoms with E-state index in [9.17, 15) is 0 Å². The van der Waals surface area contributed by atoms with E-state index >= 15 is 0 Å². The van der Waals surface area contributed by atoms with E-state index in [4.69, 9.17) is 0 Å². The first-order valence-corrected chi connectivity index (χ1v) is 42.3. The average molecular weight is 1550 g/mol. The van der Waals surface area contributed by atoms with Crippen LogP contribution in [0.3, 0.4) is 0 Å². The molecular weight excluding hydrogens is 1440 g/mol. The minimum absolute atomic E-state index is 1.32. The first-order valence-electron chi connectivity index (χ1n) is 42.3. The van der Waals surface area contributed by atoms with Gasteiger partial charge in [0.15, 0.2) is 0 Å². The molecule has 0 saturated carbocycles. The van der Waals surface area contributed by atoms with Crippen molar-refractivity contribution in [2.75, 3.05) is 0 Å². The molecule has 0 heteroatoms. The van der Waals surface area contributed by atoms with Crippen LogP contribution in [-0.2, 0) is 0 Å². The number of hydrogen-bond acceptors (Lipinski definition) is 0. The fourth-order valence-electron chi connectivity index (χ4n) is 17.4. The third kappa shape index (κ3) is 18.1. The number of benzene rings is 22. The van der Waals surface area contributed by atoms with Crippen LogP contribution < -0.4 is 0 Å². The van der Waals surface area contributed by atoms with Gasteiger partial charge in [-0.2, -0.15) is 0 Å². The van der Waals surface area contributed by atoms with Crippen molar-refractivity contribution >= 4 is 151 Å². The second-order valence-corrected chi connectivity index (χ2v) is 33.3. The molecule has 0 atom stereocenters. The molecule has 0 aliphatic heterocycles. The van der Waals surface area contributed by atoms with Gasteiger partial charge in [0.05, 0.1) is 0 Å². The lowest BCUT2D eigenvalue weighted by atomic mass is 9.95. The third-order valence-electron chi connectivity index (χ3n) is 24.1. The van der Waals surface area contributed by atoms with E-state index < -0.39 is 0 Å². The van der Waals surface area contributed by atoms with Gasteiger partial charge in [0.2, 0.25) is 0 Å². The van der Waals surface area contributed by atoms with Crippen molar-refractivity contribution in [1.82, 2.24) is 0 Å². The molecule has 0 amide bonds. The van der Waals surface area contributed by atoms with E-state index in [-0.39, 0.29) is 0 Å². The molecule has 0 aliphatic rings. The van der Waals surface area contributed by atoms with Gasteiger partial charge in [-0.25, -0.2) is 0 Å². The monoisotopic (exact) mass is 1550 g/mol. The standard InChI is InChI=1S/6C16H14.2C12H12/c1-11-3-5-13-10-16-8-12(2)4-6-14(16)9-15(13)7-11;1-11-5-3-7-13-10-16-12(2)6-4-8-14(16)9-15(11)13;1-11-6-5-9-15-12(2)14-8-4-3-7-13(14)10-16(11)15;1-11-6-5-9-14-12(2)10-13-7-3-4-8-15(13)16(11)14;1-11-6-7-13-8-9-14-12(2)4-3-5-15(14)16(13)10-11;1-11-7-8-13-10-12(2)14-5-3-4-6-15(14)16(13)9-11;1-9-3-5-12-8-10(2)4-6-11(12)7-9;1-9-5-3-8-12-10(2)6-4-7-11(9)12/h6*3-10H,1-2H3;2*3-8H,1-2H3. The van der Waals surface area contributed by atoms with Crippen molar-refractivity contribution in [3.05, 3.63) is 453 Å². The Morgan fingerprint density at radius 2 is 0.375 bits per heavy atom. The highest BCUT2D eigenvalue weighted by molar-refractivity contribution is 6.12. The van der Waals surface area contributed by atoms with Gasteiger partial charge in [-0.3, -0.25) is 0 Å². The smallest absolute Gasteiger partial charge is 0.00735 e. The average Bonchev–Trinajstić information content (AvgIpc) is 0.760. The molecule has 0 nitrogen and oxygen atoms in total. The summed E-state index contributed by atoms with van der Waals surface area (Å²) in [6.07, 6.45) is 0. The zero-order valence-electron chi connectivity index (χ0n) is 72.6. The maximum atomic E-state index is 2.30. The lowest BCUT2D eigenvalue weighted by Gasteiger charge is -2.09. The van der Waals surface area contributed by atoms with Crippen molar-refractivity contribution in [2.45, 2.75) is 111 Å². The molecule has 22 aromatic rings. The highest BCUT2D eigenvalue weighted by atomic mass is 14.1. The van der Waals surface area contributed by atoms with Crippen molar-refractivity contribution in [3.8, 4) is 0 Å². The lowest BCUT2D eigenvalue weighted by molar-refractivity contribution is 1.47. The summed E-state index contributed by atoms with van der Waals surface area (Å²) in [5.41, 5.74) is 21.5. The van der Waals surface area contributed by atoms with Crippen LogP contribution in [0.4, 0.5) is 0 Å². The summed E-state index contributed by atoms with van der Waals surface area (Å²) in [5, 5.41) is 37.9. The zero-order valence-corrected chi connectivity index (χ0v) is 72.6. The van der Waals surface area contributed by atoms with Crippen molar-refractivity contribution < 1.29 is 0 Å². The summed E-state index contributed by atoms with van der Waals surface area (Å²) in [4.78, 5) is 0. The van der Waals surface area contributed by atoms with Gasteiger partial charge >= 0.3 is 0 Å². The molecule has 0 heterocycles. The largest absolute Gasteiger partial charge is 0.0616 e. The Morgan fingerprint density at radius 3 is 0.867 bits per heavy atom. The van der Waals surface area contributed by atoms with Gasteiger partial charge in [-0.1, -0.05) is 367 Å². The van der Waals surface area contributed by atoms with E-state index in [1.54, 1.807) is 0 Å². The van der Waals surface area contributed by atoms with Gasteiger partial charge in [0.25, 0.3) is 0 Å². The fraction of sp³-hybridized carbons (Fsp3) is 0.133. The second-order valence-electron chi connectivity index (χ2n) is 33.3. The van der Waals surface area contributed by atoms with Crippen molar-refractivity contribution in [1.29, 1.82) is 0 Å². The summed E-state index contributed by atoms with van der Waals surface area (Å²) in [7, 11) is 0. The van der Waals surface area contributed by atoms with Crippen LogP contribution in [0.1, 0.15) is 89.0 Å². The summed E-state index contributed by atoms with van der Waals surface area (Å²) in [5.74, 6) is 0. The van der Waals surface area contributed by atoms with Gasteiger partial charge < -0.3 is 0 Å².